The molecule has 0 aromatic heterocycles. The number of rotatable bonds is 4. The van der Waals surface area contributed by atoms with E-state index >= 15 is 0 Å². The maximum Gasteiger partial charge on any atom is 0.269 e. The van der Waals surface area contributed by atoms with Gasteiger partial charge in [-0.2, -0.15) is 0 Å². The lowest BCUT2D eigenvalue weighted by molar-refractivity contribution is -0.384. The van der Waals surface area contributed by atoms with Crippen molar-refractivity contribution in [3.05, 3.63) is 80.7 Å². The summed E-state index contributed by atoms with van der Waals surface area (Å²) in [5, 5.41) is 12.3. The summed E-state index contributed by atoms with van der Waals surface area (Å²) in [6, 6.07) is 10.9. The molecule has 0 N–H and O–H groups in total. The molecule has 3 rings (SSSR count). The van der Waals surface area contributed by atoms with Gasteiger partial charge < -0.3 is 4.90 Å². The highest BCUT2D eigenvalue weighted by molar-refractivity contribution is 7.94. The Labute approximate surface area is 154 Å². The summed E-state index contributed by atoms with van der Waals surface area (Å²) < 4.78 is 23.6. The normalized spacial score (nSPS) is 17.8. The number of benzene rings is 2. The number of hydrogen-bond acceptors (Lipinski definition) is 5. The minimum absolute atomic E-state index is 0.136. The Kier molecular flexibility index (Phi) is 4.80. The number of amides is 1. The molecule has 2 aromatic rings. The molecule has 0 spiro atoms. The van der Waals surface area contributed by atoms with E-state index in [4.69, 9.17) is 11.6 Å². The minimum atomic E-state index is -3.38. The molecule has 134 valence electrons. The fourth-order valence-electron chi connectivity index (χ4n) is 2.65. The van der Waals surface area contributed by atoms with E-state index in [2.05, 4.69) is 0 Å². The van der Waals surface area contributed by atoms with Gasteiger partial charge in [-0.05, 0) is 42.5 Å². The zero-order valence-electron chi connectivity index (χ0n) is 13.3. The van der Waals surface area contributed by atoms with Crippen molar-refractivity contribution in [2.75, 3.05) is 10.7 Å². The summed E-state index contributed by atoms with van der Waals surface area (Å²) in [5.74, 6) is -0.692. The van der Waals surface area contributed by atoms with Crippen molar-refractivity contribution in [2.24, 2.45) is 0 Å². The van der Waals surface area contributed by atoms with Crippen LogP contribution in [0.2, 0.25) is 5.02 Å². The Hall–Kier alpha value is -2.71. The van der Waals surface area contributed by atoms with Gasteiger partial charge in [-0.3, -0.25) is 14.9 Å². The first-order valence-electron chi connectivity index (χ1n) is 7.51. The summed E-state index contributed by atoms with van der Waals surface area (Å²) >= 11 is 5.89. The van der Waals surface area contributed by atoms with Crippen LogP contribution in [0.4, 0.5) is 11.4 Å². The van der Waals surface area contributed by atoms with E-state index in [0.717, 1.165) is 5.41 Å². The maximum absolute atomic E-state index is 13.0. The lowest BCUT2D eigenvalue weighted by Gasteiger charge is -2.27. The molecule has 0 aliphatic carbocycles. The zero-order valence-corrected chi connectivity index (χ0v) is 14.9. The molecule has 9 heteroatoms. The average Bonchev–Trinajstić information content (AvgIpc) is 2.96. The molecule has 0 saturated carbocycles. The van der Waals surface area contributed by atoms with Crippen molar-refractivity contribution in [3.63, 3.8) is 0 Å². The van der Waals surface area contributed by atoms with Crippen LogP contribution in [-0.2, 0) is 9.84 Å². The van der Waals surface area contributed by atoms with Gasteiger partial charge in [0.1, 0.15) is 0 Å². The van der Waals surface area contributed by atoms with E-state index in [1.54, 1.807) is 24.3 Å². The fourth-order valence-corrected chi connectivity index (χ4v) is 4.04. The van der Waals surface area contributed by atoms with E-state index in [-0.39, 0.29) is 17.0 Å². The molecule has 1 aliphatic heterocycles. The summed E-state index contributed by atoms with van der Waals surface area (Å²) in [5.41, 5.74) is 0.552. The second kappa shape index (κ2) is 6.89. The number of non-ortho nitro benzene ring substituents is 1. The summed E-state index contributed by atoms with van der Waals surface area (Å²) in [7, 11) is -3.38. The van der Waals surface area contributed by atoms with Gasteiger partial charge in [-0.25, -0.2) is 8.42 Å². The lowest BCUT2D eigenvalue weighted by Crippen LogP contribution is -2.41. The van der Waals surface area contributed by atoms with Gasteiger partial charge in [0.15, 0.2) is 9.84 Å². The van der Waals surface area contributed by atoms with Crippen molar-refractivity contribution in [3.8, 4) is 0 Å². The summed E-state index contributed by atoms with van der Waals surface area (Å²) in [6.07, 6.45) is 1.45. The highest BCUT2D eigenvalue weighted by atomic mass is 35.5. The smallest absolute Gasteiger partial charge is 0.269 e. The van der Waals surface area contributed by atoms with Crippen LogP contribution in [-0.4, -0.2) is 31.0 Å². The number of halogens is 1. The molecular formula is C17H13ClN2O5S. The van der Waals surface area contributed by atoms with Crippen molar-refractivity contribution >= 4 is 38.7 Å². The topological polar surface area (TPSA) is 97.6 Å². The fraction of sp³-hybridized carbons (Fsp3) is 0.118. The standard InChI is InChI=1S/C17H13ClN2O5S/c18-13-3-7-14(8-4-13)19(16-9-10-26(24,25)11-16)17(21)12-1-5-15(6-2-12)20(22)23/h1-10,16H,11H2. The highest BCUT2D eigenvalue weighted by Crippen LogP contribution is 2.27. The minimum Gasteiger partial charge on any atom is -0.300 e. The molecule has 26 heavy (non-hydrogen) atoms. The number of sulfone groups is 1. The predicted octanol–water partition coefficient (Wildman–Crippen LogP) is 3.21. The van der Waals surface area contributed by atoms with Gasteiger partial charge in [0.2, 0.25) is 0 Å². The van der Waals surface area contributed by atoms with E-state index < -0.39 is 26.7 Å². The monoisotopic (exact) mass is 392 g/mol. The van der Waals surface area contributed by atoms with E-state index in [1.807, 2.05) is 0 Å². The van der Waals surface area contributed by atoms with E-state index in [9.17, 15) is 23.3 Å². The first-order chi connectivity index (χ1) is 12.3. The number of carbonyl (C=O) groups is 1. The van der Waals surface area contributed by atoms with Crippen LogP contribution in [0.25, 0.3) is 0 Å². The van der Waals surface area contributed by atoms with Crippen molar-refractivity contribution in [1.82, 2.24) is 0 Å². The van der Waals surface area contributed by atoms with Crippen LogP contribution < -0.4 is 4.90 Å². The van der Waals surface area contributed by atoms with E-state index in [0.29, 0.717) is 10.7 Å². The molecule has 1 atom stereocenters. The third-order valence-electron chi connectivity index (χ3n) is 3.89. The van der Waals surface area contributed by atoms with Crippen molar-refractivity contribution in [1.29, 1.82) is 0 Å². The lowest BCUT2D eigenvalue weighted by atomic mass is 10.1. The Morgan fingerprint density at radius 1 is 1.12 bits per heavy atom. The first kappa shape index (κ1) is 18.1. The van der Waals surface area contributed by atoms with Crippen LogP contribution in [0.3, 0.4) is 0 Å². The molecule has 0 radical (unpaired) electrons. The van der Waals surface area contributed by atoms with Crippen LogP contribution in [0.15, 0.2) is 60.0 Å². The average molecular weight is 393 g/mol. The largest absolute Gasteiger partial charge is 0.300 e. The molecule has 0 fully saturated rings. The maximum atomic E-state index is 13.0. The Morgan fingerprint density at radius 3 is 2.23 bits per heavy atom. The Balaban J connectivity index is 1.99. The van der Waals surface area contributed by atoms with Crippen molar-refractivity contribution in [2.45, 2.75) is 6.04 Å². The number of nitro groups is 1. The zero-order chi connectivity index (χ0) is 18.9. The van der Waals surface area contributed by atoms with E-state index in [1.165, 1.54) is 35.2 Å². The second-order valence-corrected chi connectivity index (χ2v) is 8.05. The molecular weight excluding hydrogens is 380 g/mol. The third kappa shape index (κ3) is 3.76. The SMILES string of the molecule is O=C(c1ccc([N+](=O)[O-])cc1)N(c1ccc(Cl)cc1)C1C=CS(=O)(=O)C1. The molecule has 1 unspecified atom stereocenters. The summed E-state index contributed by atoms with van der Waals surface area (Å²) in [4.78, 5) is 24.6. The number of nitrogens with zero attached hydrogens (tertiary/aromatic N) is 2. The van der Waals surface area contributed by atoms with Crippen LogP contribution in [0.5, 0.6) is 0 Å². The number of anilines is 1. The highest BCUT2D eigenvalue weighted by Gasteiger charge is 2.32. The van der Waals surface area contributed by atoms with Crippen molar-refractivity contribution < 1.29 is 18.1 Å². The molecule has 7 nitrogen and oxygen atoms in total. The molecule has 1 aliphatic rings. The Bertz CT molecular complexity index is 985. The number of hydrogen-bond donors (Lipinski definition) is 0. The second-order valence-electron chi connectivity index (χ2n) is 5.68. The first-order valence-corrected chi connectivity index (χ1v) is 9.61. The molecule has 0 bridgehead atoms. The predicted molar refractivity (Wildman–Crippen MR) is 98.1 cm³/mol. The Morgan fingerprint density at radius 2 is 1.73 bits per heavy atom. The quantitative estimate of drug-likeness (QED) is 0.587. The molecule has 0 saturated heterocycles. The number of nitro benzene ring substituents is 1. The van der Waals surface area contributed by atoms with Gasteiger partial charge in [0.05, 0.1) is 16.7 Å². The van der Waals surface area contributed by atoms with Crippen LogP contribution >= 0.6 is 11.6 Å². The molecule has 1 heterocycles. The van der Waals surface area contributed by atoms with Gasteiger partial charge in [-0.15, -0.1) is 0 Å². The van der Waals surface area contributed by atoms with Gasteiger partial charge in [-0.1, -0.05) is 11.6 Å². The van der Waals surface area contributed by atoms with Gasteiger partial charge in [0, 0.05) is 33.8 Å². The molecule has 2 aromatic carbocycles. The summed E-state index contributed by atoms with van der Waals surface area (Å²) in [6.45, 7) is 0. The number of carbonyl (C=O) groups excluding carboxylic acids is 1. The third-order valence-corrected chi connectivity index (χ3v) is 5.52. The van der Waals surface area contributed by atoms with Crippen LogP contribution in [0.1, 0.15) is 10.4 Å². The van der Waals surface area contributed by atoms with Gasteiger partial charge in [0.25, 0.3) is 11.6 Å². The van der Waals surface area contributed by atoms with Crippen LogP contribution in [0, 0.1) is 10.1 Å². The van der Waals surface area contributed by atoms with Gasteiger partial charge >= 0.3 is 0 Å². The molecule has 1 amide bonds.